The van der Waals surface area contributed by atoms with Gasteiger partial charge in [-0.25, -0.2) is 4.98 Å². The molecule has 0 saturated heterocycles. The molecule has 2 heterocycles. The highest BCUT2D eigenvalue weighted by molar-refractivity contribution is 6.32. The van der Waals surface area contributed by atoms with Crippen LogP contribution in [0.1, 0.15) is 35.0 Å². The summed E-state index contributed by atoms with van der Waals surface area (Å²) in [4.78, 5) is 7.62. The van der Waals surface area contributed by atoms with Crippen LogP contribution in [0.15, 0.2) is 66.7 Å². The number of fused-ring (bicyclic) bond motifs is 3. The van der Waals surface area contributed by atoms with E-state index in [-0.39, 0.29) is 0 Å². The number of rotatable bonds is 6. The van der Waals surface area contributed by atoms with Crippen LogP contribution in [0.4, 0.5) is 0 Å². The van der Waals surface area contributed by atoms with Gasteiger partial charge in [-0.2, -0.15) is 0 Å². The average Bonchev–Trinajstić information content (AvgIpc) is 3.28. The zero-order valence-electron chi connectivity index (χ0n) is 19.6. The van der Waals surface area contributed by atoms with Gasteiger partial charge in [-0.1, -0.05) is 67.1 Å². The first-order chi connectivity index (χ1) is 16.0. The topological polar surface area (TPSA) is 25.5 Å². The number of benzene rings is 3. The lowest BCUT2D eigenvalue weighted by Gasteiger charge is -2.20. The average molecular weight is 457 g/mol. The maximum Gasteiger partial charge on any atom is 0.220 e. The number of aryl methyl sites for hydroxylation is 3. The van der Waals surface area contributed by atoms with Crippen LogP contribution in [0.5, 0.6) is 0 Å². The zero-order valence-corrected chi connectivity index (χ0v) is 20.4. The van der Waals surface area contributed by atoms with Gasteiger partial charge in [0.1, 0.15) is 0 Å². The molecule has 2 aromatic heterocycles. The van der Waals surface area contributed by atoms with E-state index in [0.29, 0.717) is 0 Å². The fourth-order valence-corrected chi connectivity index (χ4v) is 5.22. The Labute approximate surface area is 200 Å². The molecule has 0 N–H and O–H groups in total. The second kappa shape index (κ2) is 8.69. The molecule has 0 radical (unpaired) electrons. The van der Waals surface area contributed by atoms with Crippen molar-refractivity contribution in [2.75, 3.05) is 6.54 Å². The van der Waals surface area contributed by atoms with Crippen molar-refractivity contribution in [3.8, 4) is 5.69 Å². The Hall–Kier alpha value is -3.08. The molecule has 0 unspecified atom stereocenters. The molecular formula is C28H29ClN4. The Morgan fingerprint density at radius 1 is 0.879 bits per heavy atom. The highest BCUT2D eigenvalue weighted by Gasteiger charge is 2.22. The van der Waals surface area contributed by atoms with Gasteiger partial charge in [-0.05, 0) is 62.2 Å². The van der Waals surface area contributed by atoms with Gasteiger partial charge in [-0.3, -0.25) is 13.9 Å². The minimum atomic E-state index is 0.747. The SMILES string of the molecule is CCN(Cc1ccccc1)Cc1nc2n(-c3c(C)cc(C)cc3Cl)c3ccccc3n2c1C. The summed E-state index contributed by atoms with van der Waals surface area (Å²) >= 11 is 6.80. The molecule has 0 spiro atoms. The Morgan fingerprint density at radius 2 is 1.58 bits per heavy atom. The first-order valence-corrected chi connectivity index (χ1v) is 11.9. The van der Waals surface area contributed by atoms with Gasteiger partial charge in [0.2, 0.25) is 5.78 Å². The minimum Gasteiger partial charge on any atom is -0.293 e. The molecule has 0 aliphatic carbocycles. The lowest BCUT2D eigenvalue weighted by Crippen LogP contribution is -2.23. The van der Waals surface area contributed by atoms with E-state index in [9.17, 15) is 0 Å². The highest BCUT2D eigenvalue weighted by Crippen LogP contribution is 2.33. The van der Waals surface area contributed by atoms with Crippen LogP contribution >= 0.6 is 11.6 Å². The van der Waals surface area contributed by atoms with Crippen molar-refractivity contribution in [3.63, 3.8) is 0 Å². The van der Waals surface area contributed by atoms with Crippen LogP contribution in [-0.2, 0) is 13.1 Å². The van der Waals surface area contributed by atoms with E-state index in [2.05, 4.69) is 102 Å². The molecule has 5 aromatic rings. The van der Waals surface area contributed by atoms with E-state index >= 15 is 0 Å². The van der Waals surface area contributed by atoms with Gasteiger partial charge in [0.25, 0.3) is 0 Å². The lowest BCUT2D eigenvalue weighted by atomic mass is 10.1. The summed E-state index contributed by atoms with van der Waals surface area (Å²) in [5.74, 6) is 0.910. The fraction of sp³-hybridized carbons (Fsp3) is 0.250. The zero-order chi connectivity index (χ0) is 23.1. The van der Waals surface area contributed by atoms with E-state index in [0.717, 1.165) is 64.0 Å². The summed E-state index contributed by atoms with van der Waals surface area (Å²) in [6, 6.07) is 23.3. The standard InChI is InChI=1S/C28H29ClN4/c1-5-31(17-22-11-7-6-8-12-22)18-24-21(4)32-25-13-9-10-14-26(25)33(28(32)30-24)27-20(3)15-19(2)16-23(27)29/h6-16H,5,17-18H2,1-4H3. The molecule has 0 saturated carbocycles. The lowest BCUT2D eigenvalue weighted by molar-refractivity contribution is 0.268. The third-order valence-electron chi connectivity index (χ3n) is 6.44. The number of aromatic nitrogens is 3. The Bertz CT molecular complexity index is 1420. The Kier molecular flexibility index (Phi) is 5.73. The van der Waals surface area contributed by atoms with Gasteiger partial charge >= 0.3 is 0 Å². The predicted molar refractivity (Wildman–Crippen MR) is 137 cm³/mol. The summed E-state index contributed by atoms with van der Waals surface area (Å²) in [5, 5.41) is 0.747. The van der Waals surface area contributed by atoms with Gasteiger partial charge in [-0.15, -0.1) is 0 Å². The minimum absolute atomic E-state index is 0.747. The Morgan fingerprint density at radius 3 is 2.27 bits per heavy atom. The molecular weight excluding hydrogens is 428 g/mol. The molecule has 168 valence electrons. The Balaban J connectivity index is 1.66. The number of hydrogen-bond donors (Lipinski definition) is 0. The van der Waals surface area contributed by atoms with Crippen LogP contribution < -0.4 is 0 Å². The van der Waals surface area contributed by atoms with Crippen LogP contribution in [0.2, 0.25) is 5.02 Å². The normalized spacial score (nSPS) is 11.8. The van der Waals surface area contributed by atoms with Crippen molar-refractivity contribution in [3.05, 3.63) is 99.8 Å². The smallest absolute Gasteiger partial charge is 0.220 e. The molecule has 0 atom stereocenters. The number of imidazole rings is 2. The maximum absolute atomic E-state index is 6.80. The van der Waals surface area contributed by atoms with Crippen LogP contribution in [-0.4, -0.2) is 25.4 Å². The third kappa shape index (κ3) is 3.84. The van der Waals surface area contributed by atoms with Crippen molar-refractivity contribution in [2.45, 2.75) is 40.8 Å². The van der Waals surface area contributed by atoms with Crippen molar-refractivity contribution in [1.29, 1.82) is 0 Å². The first-order valence-electron chi connectivity index (χ1n) is 11.5. The molecule has 0 bridgehead atoms. The van der Waals surface area contributed by atoms with Gasteiger partial charge in [0.05, 0.1) is 27.4 Å². The summed E-state index contributed by atoms with van der Waals surface area (Å²) in [7, 11) is 0. The van der Waals surface area contributed by atoms with Crippen molar-refractivity contribution in [2.24, 2.45) is 0 Å². The molecule has 0 fully saturated rings. The molecule has 0 aliphatic heterocycles. The van der Waals surface area contributed by atoms with Crippen LogP contribution in [0, 0.1) is 20.8 Å². The summed E-state index contributed by atoms with van der Waals surface area (Å²) < 4.78 is 4.49. The fourth-order valence-electron chi connectivity index (χ4n) is 4.81. The first kappa shape index (κ1) is 21.7. The quantitative estimate of drug-likeness (QED) is 0.278. The number of hydrogen-bond acceptors (Lipinski definition) is 2. The molecule has 33 heavy (non-hydrogen) atoms. The van der Waals surface area contributed by atoms with E-state index in [1.54, 1.807) is 0 Å². The van der Waals surface area contributed by atoms with Gasteiger partial charge in [0, 0.05) is 18.8 Å². The van der Waals surface area contributed by atoms with E-state index in [4.69, 9.17) is 16.6 Å². The van der Waals surface area contributed by atoms with Gasteiger partial charge in [0.15, 0.2) is 0 Å². The largest absolute Gasteiger partial charge is 0.293 e. The second-order valence-corrected chi connectivity index (χ2v) is 9.21. The van der Waals surface area contributed by atoms with E-state index in [1.165, 1.54) is 11.3 Å². The maximum atomic E-state index is 6.80. The van der Waals surface area contributed by atoms with E-state index in [1.807, 2.05) is 6.07 Å². The summed E-state index contributed by atoms with van der Waals surface area (Å²) in [6.45, 7) is 11.2. The summed E-state index contributed by atoms with van der Waals surface area (Å²) in [5.41, 5.74) is 9.15. The molecule has 3 aromatic carbocycles. The van der Waals surface area contributed by atoms with Crippen molar-refractivity contribution in [1.82, 2.24) is 18.9 Å². The monoisotopic (exact) mass is 456 g/mol. The number of nitrogens with zero attached hydrogens (tertiary/aromatic N) is 4. The molecule has 5 heteroatoms. The van der Waals surface area contributed by atoms with Crippen LogP contribution in [0.3, 0.4) is 0 Å². The van der Waals surface area contributed by atoms with Crippen molar-refractivity contribution >= 4 is 28.4 Å². The highest BCUT2D eigenvalue weighted by atomic mass is 35.5. The molecule has 4 nitrogen and oxygen atoms in total. The molecule has 5 rings (SSSR count). The van der Waals surface area contributed by atoms with Crippen molar-refractivity contribution < 1.29 is 0 Å². The number of para-hydroxylation sites is 2. The van der Waals surface area contributed by atoms with Crippen LogP contribution in [0.25, 0.3) is 22.5 Å². The van der Waals surface area contributed by atoms with Gasteiger partial charge < -0.3 is 0 Å². The molecule has 0 amide bonds. The third-order valence-corrected chi connectivity index (χ3v) is 6.73. The molecule has 0 aliphatic rings. The summed E-state index contributed by atoms with van der Waals surface area (Å²) in [6.07, 6.45) is 0. The number of halogens is 1. The van der Waals surface area contributed by atoms with E-state index < -0.39 is 0 Å². The second-order valence-electron chi connectivity index (χ2n) is 8.80. The predicted octanol–water partition coefficient (Wildman–Crippen LogP) is 6.88.